The van der Waals surface area contributed by atoms with E-state index in [-0.39, 0.29) is 35.1 Å². The second-order valence-corrected chi connectivity index (χ2v) is 9.92. The number of carbonyl (C=O) groups is 3. The average molecular weight is 499 g/mol. The van der Waals surface area contributed by atoms with E-state index in [1.807, 2.05) is 41.0 Å². The van der Waals surface area contributed by atoms with Crippen LogP contribution in [0.3, 0.4) is 0 Å². The standard InChI is InChI=1S/C29H30N4O4/c1-19(34)22-10-12-24(13-11-22)30-28(36)25(15-20-6-3-2-4-7-20)31-29(37)32-16-21-14-23(18-32)26-8-5-9-27(35)33(26)17-21/h2-13,21,23,25H,14-18H2,1H3,(H,30,36)(H,31,37)/t21-,23+,25-/m0/s1. The maximum atomic E-state index is 13.4. The quantitative estimate of drug-likeness (QED) is 0.509. The highest BCUT2D eigenvalue weighted by Crippen LogP contribution is 2.34. The molecule has 5 rings (SSSR count). The van der Waals surface area contributed by atoms with E-state index in [0.717, 1.165) is 17.7 Å². The third-order valence-corrected chi connectivity index (χ3v) is 7.22. The van der Waals surface area contributed by atoms with Crippen molar-refractivity contribution in [2.75, 3.05) is 18.4 Å². The van der Waals surface area contributed by atoms with Crippen LogP contribution in [-0.2, 0) is 17.8 Å². The second-order valence-electron chi connectivity index (χ2n) is 9.92. The van der Waals surface area contributed by atoms with E-state index in [1.165, 1.54) is 6.92 Å². The predicted molar refractivity (Wildman–Crippen MR) is 141 cm³/mol. The van der Waals surface area contributed by atoms with Crippen molar-refractivity contribution in [2.24, 2.45) is 5.92 Å². The van der Waals surface area contributed by atoms with Crippen LogP contribution in [0.5, 0.6) is 0 Å². The average Bonchev–Trinajstić information content (AvgIpc) is 2.89. The molecule has 2 N–H and O–H groups in total. The summed E-state index contributed by atoms with van der Waals surface area (Å²) in [5.41, 5.74) is 3.01. The van der Waals surface area contributed by atoms with Gasteiger partial charge in [0.25, 0.3) is 5.56 Å². The molecular weight excluding hydrogens is 468 g/mol. The van der Waals surface area contributed by atoms with E-state index in [1.54, 1.807) is 41.3 Å². The Morgan fingerprint density at radius 2 is 1.68 bits per heavy atom. The Morgan fingerprint density at radius 3 is 2.41 bits per heavy atom. The normalized spacial score (nSPS) is 18.9. The monoisotopic (exact) mass is 498 g/mol. The summed E-state index contributed by atoms with van der Waals surface area (Å²) in [6.07, 6.45) is 1.28. The maximum absolute atomic E-state index is 13.4. The molecule has 37 heavy (non-hydrogen) atoms. The van der Waals surface area contributed by atoms with Gasteiger partial charge in [-0.1, -0.05) is 36.4 Å². The second kappa shape index (κ2) is 10.4. The van der Waals surface area contributed by atoms with Crippen LogP contribution in [-0.4, -0.2) is 46.3 Å². The minimum absolute atomic E-state index is 0.000957. The molecule has 1 aromatic heterocycles. The van der Waals surface area contributed by atoms with Gasteiger partial charge in [0.15, 0.2) is 5.78 Å². The number of rotatable bonds is 6. The minimum Gasteiger partial charge on any atom is -0.326 e. The summed E-state index contributed by atoms with van der Waals surface area (Å²) < 4.78 is 1.83. The first-order valence-corrected chi connectivity index (χ1v) is 12.6. The Morgan fingerprint density at radius 1 is 0.919 bits per heavy atom. The van der Waals surface area contributed by atoms with Crippen LogP contribution in [0, 0.1) is 5.92 Å². The fourth-order valence-corrected chi connectivity index (χ4v) is 5.38. The van der Waals surface area contributed by atoms with Gasteiger partial charge in [0.05, 0.1) is 0 Å². The topological polar surface area (TPSA) is 101 Å². The number of anilines is 1. The van der Waals surface area contributed by atoms with Gasteiger partial charge in [0.2, 0.25) is 5.91 Å². The lowest BCUT2D eigenvalue weighted by atomic mass is 9.83. The molecule has 0 aliphatic carbocycles. The summed E-state index contributed by atoms with van der Waals surface area (Å²) >= 11 is 0. The van der Waals surface area contributed by atoms with E-state index < -0.39 is 6.04 Å². The summed E-state index contributed by atoms with van der Waals surface area (Å²) in [6.45, 7) is 3.12. The van der Waals surface area contributed by atoms with Crippen molar-refractivity contribution in [1.82, 2.24) is 14.8 Å². The zero-order chi connectivity index (χ0) is 25.9. The zero-order valence-corrected chi connectivity index (χ0v) is 20.7. The lowest BCUT2D eigenvalue weighted by Gasteiger charge is -2.43. The molecule has 8 heteroatoms. The molecule has 3 atom stereocenters. The zero-order valence-electron chi connectivity index (χ0n) is 20.7. The molecule has 1 saturated heterocycles. The molecular formula is C29H30N4O4. The number of hydrogen-bond donors (Lipinski definition) is 2. The predicted octanol–water partition coefficient (Wildman–Crippen LogP) is 3.43. The van der Waals surface area contributed by atoms with Crippen LogP contribution in [0.1, 0.15) is 40.9 Å². The Hall–Kier alpha value is -4.20. The summed E-state index contributed by atoms with van der Waals surface area (Å²) in [7, 11) is 0. The molecule has 190 valence electrons. The number of Topliss-reactive ketones (excluding diaryl/α,β-unsaturated/α-hetero) is 1. The van der Waals surface area contributed by atoms with Gasteiger partial charge in [-0.15, -0.1) is 0 Å². The molecule has 1 fully saturated rings. The molecule has 0 spiro atoms. The first-order valence-electron chi connectivity index (χ1n) is 12.6. The molecule has 2 aliphatic rings. The van der Waals surface area contributed by atoms with Crippen molar-refractivity contribution < 1.29 is 14.4 Å². The third-order valence-electron chi connectivity index (χ3n) is 7.22. The lowest BCUT2D eigenvalue weighted by molar-refractivity contribution is -0.118. The molecule has 0 unspecified atom stereocenters. The number of pyridine rings is 1. The smallest absolute Gasteiger partial charge is 0.318 e. The van der Waals surface area contributed by atoms with Gasteiger partial charge in [0, 0.05) is 55.0 Å². The number of hydrogen-bond acceptors (Lipinski definition) is 4. The van der Waals surface area contributed by atoms with Gasteiger partial charge >= 0.3 is 6.03 Å². The fraction of sp³-hybridized carbons (Fsp3) is 0.310. The Balaban J connectivity index is 1.31. The molecule has 8 nitrogen and oxygen atoms in total. The summed E-state index contributed by atoms with van der Waals surface area (Å²) in [4.78, 5) is 52.4. The molecule has 0 saturated carbocycles. The first-order chi connectivity index (χ1) is 17.9. The molecule has 0 radical (unpaired) electrons. The van der Waals surface area contributed by atoms with Crippen LogP contribution in [0.2, 0.25) is 0 Å². The third kappa shape index (κ3) is 5.48. The number of piperidine rings is 1. The molecule has 3 amide bonds. The number of nitrogens with zero attached hydrogens (tertiary/aromatic N) is 2. The van der Waals surface area contributed by atoms with Crippen molar-refractivity contribution >= 4 is 23.4 Å². The van der Waals surface area contributed by atoms with E-state index in [4.69, 9.17) is 0 Å². The van der Waals surface area contributed by atoms with Gasteiger partial charge in [-0.3, -0.25) is 14.4 Å². The summed E-state index contributed by atoms with van der Waals surface area (Å²) in [5, 5.41) is 5.84. The molecule has 3 aromatic rings. The van der Waals surface area contributed by atoms with Gasteiger partial charge in [-0.05, 0) is 55.2 Å². The molecule has 2 aliphatic heterocycles. The van der Waals surface area contributed by atoms with Crippen LogP contribution in [0.25, 0.3) is 0 Å². The van der Waals surface area contributed by atoms with Crippen LogP contribution >= 0.6 is 0 Å². The number of nitrogens with one attached hydrogen (secondary N) is 2. The number of ketones is 1. The van der Waals surface area contributed by atoms with Crippen molar-refractivity contribution in [3.8, 4) is 0 Å². The van der Waals surface area contributed by atoms with Gasteiger partial charge in [-0.2, -0.15) is 0 Å². The van der Waals surface area contributed by atoms with Gasteiger partial charge < -0.3 is 20.1 Å². The van der Waals surface area contributed by atoms with Crippen LogP contribution in [0.15, 0.2) is 77.6 Å². The van der Waals surface area contributed by atoms with E-state index in [9.17, 15) is 19.2 Å². The van der Waals surface area contributed by atoms with Gasteiger partial charge in [0.1, 0.15) is 6.04 Å². The summed E-state index contributed by atoms with van der Waals surface area (Å²) in [6, 6.07) is 20.5. The van der Waals surface area contributed by atoms with E-state index >= 15 is 0 Å². The van der Waals surface area contributed by atoms with Crippen molar-refractivity contribution in [3.63, 3.8) is 0 Å². The fourth-order valence-electron chi connectivity index (χ4n) is 5.38. The highest BCUT2D eigenvalue weighted by molar-refractivity contribution is 5.98. The van der Waals surface area contributed by atoms with Crippen molar-refractivity contribution in [2.45, 2.75) is 38.3 Å². The Bertz CT molecular complexity index is 1370. The highest BCUT2D eigenvalue weighted by atomic mass is 16.2. The lowest BCUT2D eigenvalue weighted by Crippen LogP contribution is -2.55. The van der Waals surface area contributed by atoms with Crippen molar-refractivity contribution in [3.05, 3.63) is 100.0 Å². The van der Waals surface area contributed by atoms with Crippen molar-refractivity contribution in [1.29, 1.82) is 0 Å². The first kappa shape index (κ1) is 24.5. The van der Waals surface area contributed by atoms with Crippen LogP contribution < -0.4 is 16.2 Å². The number of amides is 3. The molecule has 2 bridgehead atoms. The largest absolute Gasteiger partial charge is 0.326 e. The molecule has 2 aromatic carbocycles. The highest BCUT2D eigenvalue weighted by Gasteiger charge is 2.37. The molecule has 3 heterocycles. The maximum Gasteiger partial charge on any atom is 0.318 e. The number of likely N-dealkylation sites (tertiary alicyclic amines) is 1. The number of urea groups is 1. The number of carbonyl (C=O) groups excluding carboxylic acids is 3. The Kier molecular flexibility index (Phi) is 6.90. The SMILES string of the molecule is CC(=O)c1ccc(NC(=O)[C@H](Cc2ccccc2)NC(=O)N2C[C@@H]3C[C@H](C2)c2cccc(=O)n2C3)cc1. The minimum atomic E-state index is -0.793. The van der Waals surface area contributed by atoms with E-state index in [0.29, 0.717) is 37.3 Å². The Labute approximate surface area is 215 Å². The van der Waals surface area contributed by atoms with Crippen LogP contribution in [0.4, 0.5) is 10.5 Å². The van der Waals surface area contributed by atoms with Gasteiger partial charge in [-0.25, -0.2) is 4.79 Å². The number of fused-ring (bicyclic) bond motifs is 4. The van der Waals surface area contributed by atoms with E-state index in [2.05, 4.69) is 10.6 Å². The number of aromatic nitrogens is 1. The summed E-state index contributed by atoms with van der Waals surface area (Å²) in [5.74, 6) is -0.0978. The number of benzene rings is 2.